The second-order valence-corrected chi connectivity index (χ2v) is 3.99. The maximum atomic E-state index is 3.53. The van der Waals surface area contributed by atoms with E-state index in [1.807, 2.05) is 13.8 Å². The summed E-state index contributed by atoms with van der Waals surface area (Å²) in [5, 5.41) is 3.53. The van der Waals surface area contributed by atoms with Gasteiger partial charge in [-0.25, -0.2) is 0 Å². The Balaban J connectivity index is 0. The van der Waals surface area contributed by atoms with E-state index in [4.69, 9.17) is 0 Å². The van der Waals surface area contributed by atoms with Crippen molar-refractivity contribution < 1.29 is 11.0 Å². The molecule has 1 saturated heterocycles. The van der Waals surface area contributed by atoms with E-state index < -0.39 is 0 Å². The van der Waals surface area contributed by atoms with Crippen molar-refractivity contribution in [2.75, 3.05) is 6.54 Å². The number of rotatable bonds is 1. The quantitative estimate of drug-likeness (QED) is 0.778. The fourth-order valence-electron chi connectivity index (χ4n) is 2.01. The van der Waals surface area contributed by atoms with E-state index in [0.717, 1.165) is 12.5 Å². The van der Waals surface area contributed by atoms with Crippen molar-refractivity contribution in [3.63, 3.8) is 0 Å². The van der Waals surface area contributed by atoms with Crippen LogP contribution in [0.1, 0.15) is 45.1 Å². The molecule has 1 radical (unpaired) electrons. The molecular weight excluding hydrogens is 214 g/mol. The van der Waals surface area contributed by atoms with Crippen LogP contribution in [0.15, 0.2) is 30.3 Å². The number of hydrogen-bond acceptors (Lipinski definition) is 1. The molecule has 0 spiro atoms. The lowest BCUT2D eigenvalue weighted by Crippen LogP contribution is -2.35. The van der Waals surface area contributed by atoms with Gasteiger partial charge in [-0.2, -0.15) is 0 Å². The lowest BCUT2D eigenvalue weighted by Gasteiger charge is -2.27. The minimum Gasteiger partial charge on any atom is -0.412 e. The summed E-state index contributed by atoms with van der Waals surface area (Å²) < 4.78 is 0. The van der Waals surface area contributed by atoms with Crippen LogP contribution in [0.4, 0.5) is 0 Å². The Bertz CT molecular complexity index is 256. The third kappa shape index (κ3) is 5.82. The largest absolute Gasteiger partial charge is 0.412 e. The molecule has 2 rings (SSSR count). The molecule has 0 aliphatic carbocycles. The summed E-state index contributed by atoms with van der Waals surface area (Å²) in [6, 6.07) is 11.5. The number of benzene rings is 1. The van der Waals surface area contributed by atoms with Crippen LogP contribution in [-0.2, 0) is 0 Å². The van der Waals surface area contributed by atoms with Gasteiger partial charge in [0.15, 0.2) is 0 Å². The van der Waals surface area contributed by atoms with Gasteiger partial charge < -0.3 is 10.8 Å². The van der Waals surface area contributed by atoms with Gasteiger partial charge in [0, 0.05) is 12.6 Å². The van der Waals surface area contributed by atoms with Crippen LogP contribution in [0.5, 0.6) is 0 Å². The minimum absolute atomic E-state index is 0. The first-order chi connectivity index (χ1) is 7.36. The summed E-state index contributed by atoms with van der Waals surface area (Å²) in [5.74, 6) is 0.734. The SMILES string of the molecule is CC.CC1CCC(c2ccccc2)CN1.O.[OH]. The summed E-state index contributed by atoms with van der Waals surface area (Å²) in [5.41, 5.74) is 1.49. The van der Waals surface area contributed by atoms with E-state index in [1.54, 1.807) is 0 Å². The summed E-state index contributed by atoms with van der Waals surface area (Å²) in [6.45, 7) is 7.41. The highest BCUT2D eigenvalue weighted by Gasteiger charge is 2.18. The summed E-state index contributed by atoms with van der Waals surface area (Å²) in [6.07, 6.45) is 2.64. The first-order valence-electron chi connectivity index (χ1n) is 6.14. The molecule has 1 aromatic rings. The molecule has 1 aromatic carbocycles. The Morgan fingerprint density at radius 1 is 1.06 bits per heavy atom. The second kappa shape index (κ2) is 10.3. The van der Waals surface area contributed by atoms with Crippen molar-refractivity contribution in [3.05, 3.63) is 35.9 Å². The van der Waals surface area contributed by atoms with Gasteiger partial charge in [0.25, 0.3) is 0 Å². The van der Waals surface area contributed by atoms with Gasteiger partial charge in [0.1, 0.15) is 0 Å². The molecule has 1 aliphatic heterocycles. The third-order valence-corrected chi connectivity index (χ3v) is 2.93. The Labute approximate surface area is 105 Å². The van der Waals surface area contributed by atoms with Gasteiger partial charge in [-0.05, 0) is 31.2 Å². The fourth-order valence-corrected chi connectivity index (χ4v) is 2.01. The molecule has 0 saturated carbocycles. The lowest BCUT2D eigenvalue weighted by molar-refractivity contribution is 0.385. The zero-order valence-corrected chi connectivity index (χ0v) is 11.1. The smallest absolute Gasteiger partial charge is 0.00391 e. The van der Waals surface area contributed by atoms with E-state index in [1.165, 1.54) is 18.4 Å². The van der Waals surface area contributed by atoms with Crippen molar-refractivity contribution >= 4 is 0 Å². The van der Waals surface area contributed by atoms with Crippen LogP contribution < -0.4 is 5.32 Å². The number of nitrogens with one attached hydrogen (secondary N) is 1. The van der Waals surface area contributed by atoms with Crippen molar-refractivity contribution in [1.29, 1.82) is 0 Å². The Morgan fingerprint density at radius 2 is 1.65 bits per heavy atom. The van der Waals surface area contributed by atoms with Crippen molar-refractivity contribution in [3.8, 4) is 0 Å². The molecule has 1 fully saturated rings. The van der Waals surface area contributed by atoms with Gasteiger partial charge >= 0.3 is 0 Å². The molecule has 4 N–H and O–H groups in total. The summed E-state index contributed by atoms with van der Waals surface area (Å²) in [4.78, 5) is 0. The van der Waals surface area contributed by atoms with Crippen LogP contribution in [0.2, 0.25) is 0 Å². The second-order valence-electron chi connectivity index (χ2n) is 3.99. The van der Waals surface area contributed by atoms with Gasteiger partial charge in [-0.1, -0.05) is 44.2 Å². The number of piperidine rings is 1. The monoisotopic (exact) mass is 240 g/mol. The Morgan fingerprint density at radius 3 is 2.12 bits per heavy atom. The standard InChI is InChI=1S/C12H17N.C2H6.H2O.HO/c1-10-7-8-12(9-13-10)11-5-3-2-4-6-11;1-2;;/h2-6,10,12-13H,7-9H2,1H3;1-2H3;1H2;1H. The highest BCUT2D eigenvalue weighted by atomic mass is 16.0. The van der Waals surface area contributed by atoms with Crippen LogP contribution >= 0.6 is 0 Å². The highest BCUT2D eigenvalue weighted by molar-refractivity contribution is 5.20. The van der Waals surface area contributed by atoms with Gasteiger partial charge in [-0.15, -0.1) is 0 Å². The minimum atomic E-state index is 0. The molecule has 2 unspecified atom stereocenters. The van der Waals surface area contributed by atoms with Crippen molar-refractivity contribution in [2.24, 2.45) is 0 Å². The Kier molecular flexibility index (Phi) is 11.2. The van der Waals surface area contributed by atoms with Crippen LogP contribution in [0, 0.1) is 0 Å². The average Bonchev–Trinajstić information content (AvgIpc) is 2.34. The zero-order valence-electron chi connectivity index (χ0n) is 11.1. The van der Waals surface area contributed by atoms with Gasteiger partial charge in [0.2, 0.25) is 0 Å². The maximum Gasteiger partial charge on any atom is 0.00391 e. The summed E-state index contributed by atoms with van der Waals surface area (Å²) >= 11 is 0. The van der Waals surface area contributed by atoms with Crippen LogP contribution in [0.3, 0.4) is 0 Å². The van der Waals surface area contributed by atoms with E-state index >= 15 is 0 Å². The van der Waals surface area contributed by atoms with E-state index in [9.17, 15) is 0 Å². The average molecular weight is 240 g/mol. The predicted octanol–water partition coefficient (Wildman–Crippen LogP) is 2.57. The molecule has 99 valence electrons. The fraction of sp³-hybridized carbons (Fsp3) is 0.571. The van der Waals surface area contributed by atoms with Crippen molar-refractivity contribution in [1.82, 2.24) is 5.32 Å². The first kappa shape index (κ1) is 18.5. The van der Waals surface area contributed by atoms with Crippen LogP contribution in [0.25, 0.3) is 0 Å². The predicted molar refractivity (Wildman–Crippen MR) is 72.8 cm³/mol. The summed E-state index contributed by atoms with van der Waals surface area (Å²) in [7, 11) is 0. The first-order valence-corrected chi connectivity index (χ1v) is 6.14. The van der Waals surface area contributed by atoms with E-state index in [2.05, 4.69) is 42.6 Å². The third-order valence-electron chi connectivity index (χ3n) is 2.93. The van der Waals surface area contributed by atoms with Gasteiger partial charge in [-0.3, -0.25) is 5.48 Å². The molecule has 2 atom stereocenters. The van der Waals surface area contributed by atoms with Crippen LogP contribution in [-0.4, -0.2) is 23.5 Å². The highest BCUT2D eigenvalue weighted by Crippen LogP contribution is 2.24. The molecule has 3 nitrogen and oxygen atoms in total. The Hall–Kier alpha value is -0.900. The lowest BCUT2D eigenvalue weighted by atomic mass is 9.89. The zero-order chi connectivity index (χ0) is 11.1. The van der Waals surface area contributed by atoms with E-state index in [0.29, 0.717) is 6.04 Å². The van der Waals surface area contributed by atoms with Gasteiger partial charge in [0.05, 0.1) is 0 Å². The molecule has 0 amide bonds. The molecule has 3 heteroatoms. The van der Waals surface area contributed by atoms with Crippen molar-refractivity contribution in [2.45, 2.75) is 45.6 Å². The number of hydrogen-bond donors (Lipinski definition) is 2. The normalized spacial score (nSPS) is 22.3. The molecule has 1 heterocycles. The molecule has 0 aromatic heterocycles. The molecular formula is C14H26NO2. The molecule has 17 heavy (non-hydrogen) atoms. The molecule has 1 aliphatic rings. The molecule has 0 bridgehead atoms. The maximum absolute atomic E-state index is 3.53. The van der Waals surface area contributed by atoms with E-state index in [-0.39, 0.29) is 11.0 Å². The topological polar surface area (TPSA) is 73.5 Å².